The average molecular weight is 307 g/mol. The summed E-state index contributed by atoms with van der Waals surface area (Å²) in [6, 6.07) is 6.98. The first kappa shape index (κ1) is 14.1. The minimum atomic E-state index is -0.350. The lowest BCUT2D eigenvalue weighted by Gasteiger charge is -2.21. The summed E-state index contributed by atoms with van der Waals surface area (Å²) in [5.41, 5.74) is 1.36. The minimum Gasteiger partial charge on any atom is -0.320 e. The van der Waals surface area contributed by atoms with Crippen LogP contribution in [0.4, 0.5) is 0 Å². The van der Waals surface area contributed by atoms with Gasteiger partial charge >= 0.3 is 0 Å². The maximum atomic E-state index is 12.4. The van der Waals surface area contributed by atoms with E-state index in [-0.39, 0.29) is 17.0 Å². The number of fused-ring (bicyclic) bond motifs is 2. The summed E-state index contributed by atoms with van der Waals surface area (Å²) in [4.78, 5) is 36.2. The van der Waals surface area contributed by atoms with Crippen LogP contribution in [-0.2, 0) is 6.42 Å². The number of hydrogen-bond donors (Lipinski definition) is 1. The molecule has 1 aromatic carbocycles. The average Bonchev–Trinajstić information content (AvgIpc) is 2.92. The summed E-state index contributed by atoms with van der Waals surface area (Å²) >= 11 is 0. The second kappa shape index (κ2) is 5.57. The molecule has 5 heteroatoms. The van der Waals surface area contributed by atoms with Crippen LogP contribution >= 0.6 is 0 Å². The Kier molecular flexibility index (Phi) is 3.41. The van der Waals surface area contributed by atoms with E-state index >= 15 is 0 Å². The largest absolute Gasteiger partial charge is 0.320 e. The topological polar surface area (TPSA) is 75.2 Å². The second-order valence-corrected chi connectivity index (χ2v) is 6.18. The SMILES string of the molecule is O=c1[nH]c2ccccc2c(=O)nc1CC1CN=C2C=CCCC21. The van der Waals surface area contributed by atoms with Crippen LogP contribution in [0.15, 0.2) is 51.0 Å². The number of hydrogen-bond acceptors (Lipinski definition) is 4. The fraction of sp³-hybridized carbons (Fsp3) is 0.333. The molecule has 2 atom stereocenters. The highest BCUT2D eigenvalue weighted by atomic mass is 16.1. The molecule has 1 aliphatic heterocycles. The van der Waals surface area contributed by atoms with Crippen molar-refractivity contribution in [3.05, 3.63) is 62.8 Å². The Labute approximate surface area is 132 Å². The van der Waals surface area contributed by atoms with Crippen molar-refractivity contribution in [1.82, 2.24) is 9.97 Å². The third-order valence-electron chi connectivity index (χ3n) is 4.75. The monoisotopic (exact) mass is 307 g/mol. The van der Waals surface area contributed by atoms with E-state index in [1.54, 1.807) is 24.3 Å². The van der Waals surface area contributed by atoms with Crippen molar-refractivity contribution in [2.24, 2.45) is 16.8 Å². The second-order valence-electron chi connectivity index (χ2n) is 6.18. The Balaban J connectivity index is 1.73. The zero-order chi connectivity index (χ0) is 15.8. The number of aromatic amines is 1. The molecule has 0 amide bonds. The van der Waals surface area contributed by atoms with Gasteiger partial charge in [0.25, 0.3) is 11.1 Å². The quantitative estimate of drug-likeness (QED) is 0.920. The van der Waals surface area contributed by atoms with Crippen molar-refractivity contribution < 1.29 is 0 Å². The van der Waals surface area contributed by atoms with Crippen LogP contribution in [0.25, 0.3) is 10.9 Å². The number of benzene rings is 1. The minimum absolute atomic E-state index is 0.258. The number of H-pyrrole nitrogens is 1. The summed E-state index contributed by atoms with van der Waals surface area (Å²) in [7, 11) is 0. The lowest BCUT2D eigenvalue weighted by molar-refractivity contribution is 0.426. The molecule has 0 radical (unpaired) electrons. The smallest absolute Gasteiger partial charge is 0.279 e. The predicted octanol–water partition coefficient (Wildman–Crippen LogP) is 1.86. The highest BCUT2D eigenvalue weighted by molar-refractivity contribution is 5.99. The molecule has 0 saturated carbocycles. The highest BCUT2D eigenvalue weighted by Crippen LogP contribution is 2.31. The van der Waals surface area contributed by atoms with Crippen molar-refractivity contribution in [3.63, 3.8) is 0 Å². The van der Waals surface area contributed by atoms with Gasteiger partial charge in [-0.3, -0.25) is 14.6 Å². The van der Waals surface area contributed by atoms with Crippen LogP contribution < -0.4 is 11.1 Å². The molecule has 5 nitrogen and oxygen atoms in total. The molecule has 0 spiro atoms. The zero-order valence-electron chi connectivity index (χ0n) is 12.7. The molecule has 0 bridgehead atoms. The fourth-order valence-corrected chi connectivity index (χ4v) is 3.55. The number of rotatable bonds is 2. The molecular formula is C18H17N3O2. The fourth-order valence-electron chi connectivity index (χ4n) is 3.55. The van der Waals surface area contributed by atoms with Crippen LogP contribution in [0.2, 0.25) is 0 Å². The number of allylic oxidation sites excluding steroid dienone is 2. The van der Waals surface area contributed by atoms with Crippen molar-refractivity contribution >= 4 is 16.6 Å². The van der Waals surface area contributed by atoms with Crippen molar-refractivity contribution in [2.45, 2.75) is 19.3 Å². The van der Waals surface area contributed by atoms with Gasteiger partial charge in [0, 0.05) is 24.6 Å². The van der Waals surface area contributed by atoms with Crippen LogP contribution in [0, 0.1) is 11.8 Å². The van der Waals surface area contributed by atoms with Gasteiger partial charge in [-0.05, 0) is 37.0 Å². The summed E-state index contributed by atoms with van der Waals surface area (Å²) in [5, 5.41) is 0.444. The van der Waals surface area contributed by atoms with Gasteiger partial charge in [-0.25, -0.2) is 4.98 Å². The molecule has 1 aliphatic carbocycles. The molecule has 2 aromatic rings. The van der Waals surface area contributed by atoms with Gasteiger partial charge in [0.1, 0.15) is 5.69 Å². The van der Waals surface area contributed by atoms with Crippen LogP contribution in [0.5, 0.6) is 0 Å². The van der Waals surface area contributed by atoms with E-state index in [1.165, 1.54) is 0 Å². The van der Waals surface area contributed by atoms with Gasteiger partial charge in [-0.15, -0.1) is 0 Å². The molecule has 2 heterocycles. The molecule has 23 heavy (non-hydrogen) atoms. The Bertz CT molecular complexity index is 943. The van der Waals surface area contributed by atoms with Crippen LogP contribution in [-0.4, -0.2) is 22.2 Å². The van der Waals surface area contributed by atoms with Gasteiger partial charge in [0.15, 0.2) is 0 Å². The Morgan fingerprint density at radius 1 is 1.22 bits per heavy atom. The molecule has 4 rings (SSSR count). The van der Waals surface area contributed by atoms with E-state index in [2.05, 4.69) is 27.1 Å². The molecule has 116 valence electrons. The number of nitrogens with zero attached hydrogens (tertiary/aromatic N) is 2. The Morgan fingerprint density at radius 2 is 2.09 bits per heavy atom. The summed E-state index contributed by atoms with van der Waals surface area (Å²) in [5.74, 6) is 0.643. The van der Waals surface area contributed by atoms with Gasteiger partial charge in [-0.2, -0.15) is 0 Å². The first-order chi connectivity index (χ1) is 11.2. The van der Waals surface area contributed by atoms with Gasteiger partial charge in [0.2, 0.25) is 0 Å². The highest BCUT2D eigenvalue weighted by Gasteiger charge is 2.32. The number of nitrogens with one attached hydrogen (secondary N) is 1. The molecule has 2 unspecified atom stereocenters. The summed E-state index contributed by atoms with van der Waals surface area (Å²) < 4.78 is 0. The lowest BCUT2D eigenvalue weighted by atomic mass is 9.82. The van der Waals surface area contributed by atoms with Crippen molar-refractivity contribution in [3.8, 4) is 0 Å². The number of aromatic nitrogens is 2. The first-order valence-corrected chi connectivity index (χ1v) is 7.95. The van der Waals surface area contributed by atoms with E-state index in [0.717, 1.165) is 18.6 Å². The summed E-state index contributed by atoms with van der Waals surface area (Å²) in [6.07, 6.45) is 6.83. The van der Waals surface area contributed by atoms with Gasteiger partial charge < -0.3 is 4.98 Å². The zero-order valence-corrected chi connectivity index (χ0v) is 12.7. The third-order valence-corrected chi connectivity index (χ3v) is 4.75. The summed E-state index contributed by atoms with van der Waals surface area (Å²) in [6.45, 7) is 0.706. The van der Waals surface area contributed by atoms with E-state index in [0.29, 0.717) is 35.5 Å². The van der Waals surface area contributed by atoms with Crippen molar-refractivity contribution in [2.75, 3.05) is 6.54 Å². The Hall–Kier alpha value is -2.56. The normalized spacial score (nSPS) is 22.9. The first-order valence-electron chi connectivity index (χ1n) is 7.95. The van der Waals surface area contributed by atoms with Gasteiger partial charge in [-0.1, -0.05) is 18.2 Å². The Morgan fingerprint density at radius 3 is 3.00 bits per heavy atom. The van der Waals surface area contributed by atoms with E-state index < -0.39 is 0 Å². The van der Waals surface area contributed by atoms with Crippen LogP contribution in [0.3, 0.4) is 0 Å². The van der Waals surface area contributed by atoms with E-state index in [4.69, 9.17) is 0 Å². The number of para-hydroxylation sites is 1. The number of aliphatic imine (C=N–C) groups is 1. The van der Waals surface area contributed by atoms with Crippen molar-refractivity contribution in [1.29, 1.82) is 0 Å². The molecule has 0 fully saturated rings. The predicted molar refractivity (Wildman–Crippen MR) is 90.0 cm³/mol. The molecular weight excluding hydrogens is 290 g/mol. The van der Waals surface area contributed by atoms with E-state index in [9.17, 15) is 9.59 Å². The maximum Gasteiger partial charge on any atom is 0.279 e. The standard InChI is InChI=1S/C18H17N3O2/c22-17-13-6-2-4-8-15(13)20-18(23)16(21-17)9-11-10-19-14-7-3-1-5-12(11)14/h2-4,6-8,11-12H,1,5,9-10H2,(H,20,23). The molecule has 2 aliphatic rings. The molecule has 1 aromatic heterocycles. The van der Waals surface area contributed by atoms with E-state index in [1.807, 2.05) is 0 Å². The maximum absolute atomic E-state index is 12.4. The van der Waals surface area contributed by atoms with Gasteiger partial charge in [0.05, 0.1) is 10.9 Å². The van der Waals surface area contributed by atoms with Crippen LogP contribution in [0.1, 0.15) is 18.5 Å². The molecule has 0 saturated heterocycles. The lowest BCUT2D eigenvalue weighted by Crippen LogP contribution is -2.25. The molecule has 1 N–H and O–H groups in total. The third kappa shape index (κ3) is 2.52.